The average molecular weight is 271 g/mol. The molecule has 2 N–H and O–H groups in total. The van der Waals surface area contributed by atoms with Crippen LogP contribution in [0.3, 0.4) is 0 Å². The number of nitrogens with one attached hydrogen (secondary N) is 2. The molecule has 1 aromatic heterocycles. The number of aromatic nitrogens is 1. The predicted octanol–water partition coefficient (Wildman–Crippen LogP) is 1.95. The summed E-state index contributed by atoms with van der Waals surface area (Å²) >= 11 is 0. The van der Waals surface area contributed by atoms with Crippen LogP contribution in [0.5, 0.6) is 0 Å². The highest BCUT2D eigenvalue weighted by atomic mass is 16.1. The molecule has 1 heterocycles. The van der Waals surface area contributed by atoms with Gasteiger partial charge in [0, 0.05) is 35.2 Å². The van der Waals surface area contributed by atoms with E-state index in [1.807, 2.05) is 32.3 Å². The van der Waals surface area contributed by atoms with Gasteiger partial charge in [-0.3, -0.25) is 4.79 Å². The predicted molar refractivity (Wildman–Crippen MR) is 81.2 cm³/mol. The highest BCUT2D eigenvalue weighted by Crippen LogP contribution is 2.30. The molecule has 0 saturated carbocycles. The lowest BCUT2D eigenvalue weighted by atomic mass is 10.1. The van der Waals surface area contributed by atoms with Gasteiger partial charge in [-0.1, -0.05) is 0 Å². The average Bonchev–Trinajstić information content (AvgIpc) is 2.97. The van der Waals surface area contributed by atoms with Crippen LogP contribution < -0.4 is 5.32 Å². The number of nitrogens with zero attached hydrogens (tertiary/aromatic N) is 1. The van der Waals surface area contributed by atoms with Crippen LogP contribution in [0.1, 0.15) is 28.0 Å². The van der Waals surface area contributed by atoms with Gasteiger partial charge < -0.3 is 15.2 Å². The van der Waals surface area contributed by atoms with Crippen molar-refractivity contribution in [1.29, 1.82) is 0 Å². The standard InChI is InChI=1S/C16H21N3O/c1-19(2)9-8-17-16(20)11-6-7-15-13(10-11)12-4-3-5-14(12)18-15/h6-7,10,18H,3-5,8-9H2,1-2H3,(H,17,20). The molecule has 0 atom stereocenters. The number of H-pyrrole nitrogens is 1. The number of carbonyl (C=O) groups is 1. The van der Waals surface area contributed by atoms with E-state index in [0.717, 1.165) is 30.5 Å². The first-order valence-corrected chi connectivity index (χ1v) is 7.21. The van der Waals surface area contributed by atoms with Crippen molar-refractivity contribution in [1.82, 2.24) is 15.2 Å². The van der Waals surface area contributed by atoms with E-state index in [1.54, 1.807) is 0 Å². The summed E-state index contributed by atoms with van der Waals surface area (Å²) in [7, 11) is 4.00. The molecule has 4 heteroatoms. The minimum atomic E-state index is 0.0155. The lowest BCUT2D eigenvalue weighted by molar-refractivity contribution is 0.0951. The molecule has 0 spiro atoms. The van der Waals surface area contributed by atoms with Gasteiger partial charge in [0.05, 0.1) is 0 Å². The van der Waals surface area contributed by atoms with E-state index >= 15 is 0 Å². The zero-order chi connectivity index (χ0) is 14.1. The summed E-state index contributed by atoms with van der Waals surface area (Å²) in [4.78, 5) is 17.7. The van der Waals surface area contributed by atoms with E-state index in [4.69, 9.17) is 0 Å². The highest BCUT2D eigenvalue weighted by molar-refractivity contribution is 5.99. The maximum Gasteiger partial charge on any atom is 0.251 e. The molecule has 1 aliphatic carbocycles. The molecule has 20 heavy (non-hydrogen) atoms. The molecule has 0 bridgehead atoms. The fraction of sp³-hybridized carbons (Fsp3) is 0.438. The quantitative estimate of drug-likeness (QED) is 0.893. The molecule has 0 radical (unpaired) electrons. The van der Waals surface area contributed by atoms with Crippen molar-refractivity contribution in [3.63, 3.8) is 0 Å². The van der Waals surface area contributed by atoms with Gasteiger partial charge in [-0.15, -0.1) is 0 Å². The van der Waals surface area contributed by atoms with Gasteiger partial charge >= 0.3 is 0 Å². The number of hydrogen-bond acceptors (Lipinski definition) is 2. The molecule has 3 rings (SSSR count). The van der Waals surface area contributed by atoms with Crippen LogP contribution in [0, 0.1) is 0 Å². The van der Waals surface area contributed by atoms with Crippen molar-refractivity contribution in [2.75, 3.05) is 27.2 Å². The zero-order valence-corrected chi connectivity index (χ0v) is 12.1. The molecule has 4 nitrogen and oxygen atoms in total. The number of likely N-dealkylation sites (N-methyl/N-ethyl adjacent to an activating group) is 1. The Balaban J connectivity index is 1.80. The Labute approximate surface area is 119 Å². The van der Waals surface area contributed by atoms with Gasteiger partial charge in [0.2, 0.25) is 0 Å². The Morgan fingerprint density at radius 1 is 1.35 bits per heavy atom. The summed E-state index contributed by atoms with van der Waals surface area (Å²) in [6, 6.07) is 5.95. The Morgan fingerprint density at radius 3 is 3.00 bits per heavy atom. The van der Waals surface area contributed by atoms with Gasteiger partial charge in [-0.2, -0.15) is 0 Å². The highest BCUT2D eigenvalue weighted by Gasteiger charge is 2.17. The molecule has 1 amide bonds. The summed E-state index contributed by atoms with van der Waals surface area (Å²) < 4.78 is 0. The van der Waals surface area contributed by atoms with E-state index in [0.29, 0.717) is 6.54 Å². The Bertz CT molecular complexity index is 642. The van der Waals surface area contributed by atoms with Crippen molar-refractivity contribution in [2.24, 2.45) is 0 Å². The van der Waals surface area contributed by atoms with Crippen molar-refractivity contribution >= 4 is 16.8 Å². The Morgan fingerprint density at radius 2 is 2.20 bits per heavy atom. The number of aromatic amines is 1. The van der Waals surface area contributed by atoms with E-state index < -0.39 is 0 Å². The first-order valence-electron chi connectivity index (χ1n) is 7.21. The van der Waals surface area contributed by atoms with Crippen molar-refractivity contribution in [3.8, 4) is 0 Å². The van der Waals surface area contributed by atoms with Crippen LogP contribution >= 0.6 is 0 Å². The van der Waals surface area contributed by atoms with Crippen molar-refractivity contribution < 1.29 is 4.79 Å². The first kappa shape index (κ1) is 13.2. The third-order valence-electron chi connectivity index (χ3n) is 3.95. The first-order chi connectivity index (χ1) is 9.65. The smallest absolute Gasteiger partial charge is 0.251 e. The number of amides is 1. The van der Waals surface area contributed by atoms with Gasteiger partial charge in [-0.25, -0.2) is 0 Å². The summed E-state index contributed by atoms with van der Waals surface area (Å²) in [5, 5.41) is 4.18. The van der Waals surface area contributed by atoms with E-state index in [2.05, 4.69) is 15.2 Å². The molecule has 0 saturated heterocycles. The monoisotopic (exact) mass is 271 g/mol. The third kappa shape index (κ3) is 2.43. The zero-order valence-electron chi connectivity index (χ0n) is 12.1. The lowest BCUT2D eigenvalue weighted by Gasteiger charge is -2.10. The van der Waals surface area contributed by atoms with Crippen LogP contribution in [0.4, 0.5) is 0 Å². The van der Waals surface area contributed by atoms with Gasteiger partial charge in [0.15, 0.2) is 0 Å². The molecule has 2 aromatic rings. The van der Waals surface area contributed by atoms with Gasteiger partial charge in [-0.05, 0) is 57.1 Å². The molecule has 106 valence electrons. The maximum atomic E-state index is 12.2. The molecular formula is C16H21N3O. The summed E-state index contributed by atoms with van der Waals surface area (Å²) in [5.74, 6) is 0.0155. The second-order valence-corrected chi connectivity index (χ2v) is 5.76. The Hall–Kier alpha value is -1.81. The normalized spacial score (nSPS) is 13.9. The number of carbonyl (C=O) groups excluding carboxylic acids is 1. The number of fused-ring (bicyclic) bond motifs is 3. The third-order valence-corrected chi connectivity index (χ3v) is 3.95. The van der Waals surface area contributed by atoms with Crippen LogP contribution in [-0.4, -0.2) is 43.0 Å². The fourth-order valence-electron chi connectivity index (χ4n) is 2.88. The molecule has 1 aromatic carbocycles. The number of hydrogen-bond donors (Lipinski definition) is 2. The number of rotatable bonds is 4. The van der Waals surface area contributed by atoms with Crippen LogP contribution in [0.15, 0.2) is 18.2 Å². The molecular weight excluding hydrogens is 250 g/mol. The largest absolute Gasteiger partial charge is 0.358 e. The molecule has 0 unspecified atom stereocenters. The second kappa shape index (κ2) is 5.29. The topological polar surface area (TPSA) is 48.1 Å². The van der Waals surface area contributed by atoms with Gasteiger partial charge in [0.25, 0.3) is 5.91 Å². The number of benzene rings is 1. The fourth-order valence-corrected chi connectivity index (χ4v) is 2.88. The molecule has 1 aliphatic rings. The van der Waals surface area contributed by atoms with Crippen LogP contribution in [0.25, 0.3) is 10.9 Å². The van der Waals surface area contributed by atoms with Crippen LogP contribution in [-0.2, 0) is 12.8 Å². The van der Waals surface area contributed by atoms with E-state index in [-0.39, 0.29) is 5.91 Å². The summed E-state index contributed by atoms with van der Waals surface area (Å²) in [6.45, 7) is 1.53. The molecule has 0 aliphatic heterocycles. The summed E-state index contributed by atoms with van der Waals surface area (Å²) in [6.07, 6.45) is 3.48. The Kier molecular flexibility index (Phi) is 3.49. The lowest BCUT2D eigenvalue weighted by Crippen LogP contribution is -2.31. The van der Waals surface area contributed by atoms with E-state index in [9.17, 15) is 4.79 Å². The number of aryl methyl sites for hydroxylation is 2. The molecule has 0 fully saturated rings. The minimum Gasteiger partial charge on any atom is -0.358 e. The van der Waals surface area contributed by atoms with Gasteiger partial charge in [0.1, 0.15) is 0 Å². The second-order valence-electron chi connectivity index (χ2n) is 5.76. The maximum absolute atomic E-state index is 12.2. The summed E-state index contributed by atoms with van der Waals surface area (Å²) in [5.41, 5.74) is 4.66. The van der Waals surface area contributed by atoms with Crippen molar-refractivity contribution in [3.05, 3.63) is 35.0 Å². The SMILES string of the molecule is CN(C)CCNC(=O)c1ccc2[nH]c3c(c2c1)CCC3. The minimum absolute atomic E-state index is 0.0155. The van der Waals surface area contributed by atoms with Crippen LogP contribution in [0.2, 0.25) is 0 Å². The van der Waals surface area contributed by atoms with E-state index in [1.165, 1.54) is 23.1 Å². The van der Waals surface area contributed by atoms with Crippen molar-refractivity contribution in [2.45, 2.75) is 19.3 Å².